The van der Waals surface area contributed by atoms with Gasteiger partial charge < -0.3 is 57.2 Å². The largest absolute Gasteiger partial charge is 0.481 e. The Labute approximate surface area is 400 Å². The molecule has 3 rings (SSSR count). The van der Waals surface area contributed by atoms with Crippen molar-refractivity contribution in [2.24, 2.45) is 4.99 Å². The Kier molecular flexibility index (Phi) is 34.3. The molecule has 19 heteroatoms. The number of carbonyl (C=O) groups is 1. The molecular weight excluding hydrogens is 893 g/mol. The zero-order valence-electron chi connectivity index (χ0n) is 39.6. The summed E-state index contributed by atoms with van der Waals surface area (Å²) in [7, 11) is 1.64. The number of nitrogens with zero attached hydrogens (tertiary/aromatic N) is 2. The molecule has 0 spiro atoms. The number of unbranched alkanes of at least 4 members (excludes halogenated alkanes) is 2. The van der Waals surface area contributed by atoms with Crippen molar-refractivity contribution in [1.82, 2.24) is 0 Å². The molecule has 1 aliphatic heterocycles. The number of para-hydroxylation sites is 1. The van der Waals surface area contributed by atoms with Gasteiger partial charge in [-0.25, -0.2) is 5.26 Å². The van der Waals surface area contributed by atoms with Crippen molar-refractivity contribution in [2.75, 3.05) is 152 Å². The highest BCUT2D eigenvalue weighted by Gasteiger charge is 2.47. The Balaban J connectivity index is 1.25. The molecule has 0 aliphatic carbocycles. The third-order valence-corrected chi connectivity index (χ3v) is 10.8. The number of hydrogen-bond donors (Lipinski definition) is 2. The van der Waals surface area contributed by atoms with Crippen LogP contribution < -0.4 is 0 Å². The van der Waals surface area contributed by atoms with Crippen molar-refractivity contribution in [3.63, 3.8) is 0 Å². The van der Waals surface area contributed by atoms with E-state index >= 15 is 0 Å². The fraction of sp³-hybridized carbons (Fsp3) is 0.646. The van der Waals surface area contributed by atoms with E-state index in [9.17, 15) is 4.79 Å². The quantitative estimate of drug-likeness (QED) is 0.0178. The number of hydrogen-bond acceptors (Lipinski definition) is 17. The van der Waals surface area contributed by atoms with Crippen LogP contribution >= 0.6 is 12.0 Å². The van der Waals surface area contributed by atoms with Crippen molar-refractivity contribution < 1.29 is 81.2 Å². The predicted molar refractivity (Wildman–Crippen MR) is 253 cm³/mol. The highest BCUT2D eigenvalue weighted by Crippen LogP contribution is 2.44. The van der Waals surface area contributed by atoms with Gasteiger partial charge in [-0.2, -0.15) is 4.58 Å². The molecule has 1 aliphatic rings. The maximum Gasteiger partial charge on any atom is 0.303 e. The average molecular weight is 968 g/mol. The normalized spacial score (nSPS) is 14.9. The highest BCUT2D eigenvalue weighted by molar-refractivity contribution is 7.94. The molecule has 0 aromatic heterocycles. The van der Waals surface area contributed by atoms with E-state index in [4.69, 9.17) is 66.8 Å². The number of allylic oxidation sites excluding steroid dienone is 2. The van der Waals surface area contributed by atoms with Crippen molar-refractivity contribution in [3.05, 3.63) is 66.2 Å². The number of benzene rings is 2. The molecule has 0 saturated heterocycles. The Hall–Kier alpha value is -3.22. The van der Waals surface area contributed by atoms with Gasteiger partial charge in [-0.05, 0) is 50.5 Å². The van der Waals surface area contributed by atoms with E-state index in [2.05, 4.69) is 39.7 Å². The van der Waals surface area contributed by atoms with E-state index in [0.29, 0.717) is 158 Å². The van der Waals surface area contributed by atoms with E-state index in [1.54, 1.807) is 7.11 Å². The zero-order chi connectivity index (χ0) is 47.7. The van der Waals surface area contributed by atoms with E-state index in [1.807, 2.05) is 48.7 Å². The fourth-order valence-corrected chi connectivity index (χ4v) is 7.18. The van der Waals surface area contributed by atoms with Gasteiger partial charge in [-0.15, -0.1) is 4.33 Å². The zero-order valence-corrected chi connectivity index (χ0v) is 40.4. The number of ether oxygens (including phenoxy) is 11. The van der Waals surface area contributed by atoms with Gasteiger partial charge >= 0.3 is 5.97 Å². The van der Waals surface area contributed by atoms with E-state index < -0.39 is 11.4 Å². The summed E-state index contributed by atoms with van der Waals surface area (Å²) in [4.78, 5) is 16.5. The van der Waals surface area contributed by atoms with Gasteiger partial charge in [-0.1, -0.05) is 29.3 Å². The van der Waals surface area contributed by atoms with Crippen LogP contribution in [0.2, 0.25) is 0 Å². The van der Waals surface area contributed by atoms with E-state index in [1.165, 1.54) is 0 Å². The number of rotatable bonds is 46. The van der Waals surface area contributed by atoms with Gasteiger partial charge in [-0.3, -0.25) is 9.79 Å². The number of aliphatic carboxylic acids is 1. The Morgan fingerprint density at radius 3 is 1.63 bits per heavy atom. The molecule has 1 unspecified atom stereocenters. The number of fused-ring (bicyclic) bond motifs is 1. The minimum atomic E-state index is -0.782. The second-order valence-electron chi connectivity index (χ2n) is 15.1. The fourth-order valence-electron chi connectivity index (χ4n) is 6.78. The first-order valence-corrected chi connectivity index (χ1v) is 23.9. The molecule has 378 valence electrons. The Morgan fingerprint density at radius 1 is 0.657 bits per heavy atom. The second kappa shape index (κ2) is 39.6. The van der Waals surface area contributed by atoms with Crippen LogP contribution in [0.25, 0.3) is 0 Å². The molecule has 2 aromatic carbocycles. The maximum absolute atomic E-state index is 11.1. The molecule has 0 radical (unpaired) electrons. The van der Waals surface area contributed by atoms with Crippen molar-refractivity contribution in [1.29, 1.82) is 0 Å². The molecule has 18 nitrogen and oxygen atoms in total. The first kappa shape index (κ1) is 58.1. The van der Waals surface area contributed by atoms with Crippen molar-refractivity contribution in [2.45, 2.75) is 55.8 Å². The number of carboxylic acid groups (broad SMARTS) is 1. The van der Waals surface area contributed by atoms with Gasteiger partial charge in [0.2, 0.25) is 5.69 Å². The number of aliphatic imine (C=N–C) groups is 1. The van der Waals surface area contributed by atoms with Gasteiger partial charge in [0, 0.05) is 61.8 Å². The topological polar surface area (TPSA) is 193 Å². The molecule has 2 aromatic rings. The molecule has 1 heterocycles. The number of methoxy groups -OCH3 is 1. The lowest BCUT2D eigenvalue weighted by molar-refractivity contribution is -0.438. The van der Waals surface area contributed by atoms with Gasteiger partial charge in [0.25, 0.3) is 0 Å². The van der Waals surface area contributed by atoms with Crippen LogP contribution in [0.3, 0.4) is 0 Å². The standard InChI is InChI=1S/C48H74N2O16S/c1-48(17-20-55-23-24-57-27-28-59-31-32-61-35-36-63-39-40-64-38-37-62-34-33-60-30-29-58-26-25-56-22-21-54-2)44-41-43(67-66-65-53)15-16-45(44)50(19-10-4-7-14-47(51)52)46(48)13-8-9-18-49-42-11-5-3-6-12-42/h3,5-6,8,11-13,15-16,18,41H,4,7,9-10,14,17,19-40H2,1-2H3,(H-,51,52,53)/p+1/b13-8+,49-18?. The Morgan fingerprint density at radius 2 is 1.15 bits per heavy atom. The average Bonchev–Trinajstić information content (AvgIpc) is 3.56. The molecule has 0 saturated carbocycles. The lowest BCUT2D eigenvalue weighted by atomic mass is 9.76. The monoisotopic (exact) mass is 967 g/mol. The lowest BCUT2D eigenvalue weighted by Gasteiger charge is -2.23. The first-order chi connectivity index (χ1) is 33.0. The third-order valence-electron chi connectivity index (χ3n) is 10.2. The van der Waals surface area contributed by atoms with Crippen LogP contribution in [-0.2, 0) is 71.7 Å². The van der Waals surface area contributed by atoms with Crippen LogP contribution in [0, 0.1) is 0 Å². The summed E-state index contributed by atoms with van der Waals surface area (Å²) in [6.07, 6.45) is 9.88. The van der Waals surface area contributed by atoms with Crippen LogP contribution in [0.1, 0.15) is 51.0 Å². The lowest BCUT2D eigenvalue weighted by Crippen LogP contribution is -2.33. The van der Waals surface area contributed by atoms with Gasteiger partial charge in [0.05, 0.1) is 155 Å². The van der Waals surface area contributed by atoms with Crippen LogP contribution in [0.15, 0.2) is 70.6 Å². The summed E-state index contributed by atoms with van der Waals surface area (Å²) in [6.45, 7) is 13.2. The van der Waals surface area contributed by atoms with Crippen molar-refractivity contribution >= 4 is 41.3 Å². The first-order valence-electron chi connectivity index (χ1n) is 23.2. The minimum absolute atomic E-state index is 0.153. The molecule has 1 atom stereocenters. The third kappa shape index (κ3) is 26.9. The maximum atomic E-state index is 11.1. The molecule has 0 amide bonds. The molecule has 0 fully saturated rings. The van der Waals surface area contributed by atoms with Gasteiger partial charge in [0.1, 0.15) is 6.54 Å². The molecule has 67 heavy (non-hydrogen) atoms. The van der Waals surface area contributed by atoms with E-state index in [-0.39, 0.29) is 6.42 Å². The molecular formula is C48H75N2O16S+. The van der Waals surface area contributed by atoms with Crippen molar-refractivity contribution in [3.8, 4) is 0 Å². The van der Waals surface area contributed by atoms with Crippen LogP contribution in [0.5, 0.6) is 0 Å². The molecule has 2 N–H and O–H groups in total. The van der Waals surface area contributed by atoms with Crippen LogP contribution in [-0.4, -0.2) is 185 Å². The number of carboxylic acids is 1. The summed E-state index contributed by atoms with van der Waals surface area (Å²) >= 11 is 0.920. The SMILES string of the molecule is COCCOCCOCCOCCOCCOCCOCCOCCOCCOCCOCCC1(C)C(/C=C/CC=Nc2ccccc2)=[N+](CCCCCC(=O)O)c2ccc(SOOO)cc21. The summed E-state index contributed by atoms with van der Waals surface area (Å²) in [6, 6.07) is 15.8. The molecule has 0 bridgehead atoms. The van der Waals surface area contributed by atoms with E-state index in [0.717, 1.165) is 59.0 Å². The summed E-state index contributed by atoms with van der Waals surface area (Å²) in [5.74, 6) is -0.782. The predicted octanol–water partition coefficient (Wildman–Crippen LogP) is 6.67. The van der Waals surface area contributed by atoms with Gasteiger partial charge in [0.15, 0.2) is 5.71 Å². The highest BCUT2D eigenvalue weighted by atomic mass is 32.2. The smallest absolute Gasteiger partial charge is 0.303 e. The van der Waals surface area contributed by atoms with Crippen LogP contribution in [0.4, 0.5) is 11.4 Å². The summed E-state index contributed by atoms with van der Waals surface area (Å²) in [5.41, 5.74) is 3.71. The second-order valence-corrected chi connectivity index (χ2v) is 15.9. The summed E-state index contributed by atoms with van der Waals surface area (Å²) < 4.78 is 67.8. The summed E-state index contributed by atoms with van der Waals surface area (Å²) in [5, 5.41) is 21.8. The minimum Gasteiger partial charge on any atom is -0.481 e. The Bertz CT molecular complexity index is 1640.